The second-order valence-electron chi connectivity index (χ2n) is 9.23. The Morgan fingerprint density at radius 3 is 2.50 bits per heavy atom. The van der Waals surface area contributed by atoms with Gasteiger partial charge in [-0.25, -0.2) is 9.78 Å². The van der Waals surface area contributed by atoms with Crippen molar-refractivity contribution in [3.05, 3.63) is 63.5 Å². The maximum atomic E-state index is 12.8. The molecule has 1 amide bonds. The summed E-state index contributed by atoms with van der Waals surface area (Å²) in [5, 5.41) is 15.7. The van der Waals surface area contributed by atoms with Crippen molar-refractivity contribution in [2.24, 2.45) is 0 Å². The number of nitrogens with zero attached hydrogens (tertiary/aromatic N) is 1. The molecule has 2 aromatic heterocycles. The maximum Gasteiger partial charge on any atom is 0.335 e. The van der Waals surface area contributed by atoms with Crippen LogP contribution in [0.1, 0.15) is 72.1 Å². The van der Waals surface area contributed by atoms with Crippen LogP contribution in [0.25, 0.3) is 9.88 Å². The van der Waals surface area contributed by atoms with Crippen LogP contribution in [0.15, 0.2) is 41.8 Å². The fraction of sp³-hybridized carbons (Fsp3) is 0.444. The first-order chi connectivity index (χ1) is 17.3. The van der Waals surface area contributed by atoms with Gasteiger partial charge < -0.3 is 19.9 Å². The molecule has 2 unspecified atom stereocenters. The van der Waals surface area contributed by atoms with E-state index in [1.165, 1.54) is 11.3 Å². The number of aromatic nitrogens is 1. The number of carbonyl (C=O) groups is 2. The van der Waals surface area contributed by atoms with E-state index in [1.807, 2.05) is 62.5 Å². The van der Waals surface area contributed by atoms with Gasteiger partial charge in [0.2, 0.25) is 0 Å². The minimum Gasteiger partial charge on any atom is -0.479 e. The highest BCUT2D eigenvalue weighted by Gasteiger charge is 2.35. The Labute approximate surface area is 219 Å². The number of carboxylic acid groups (broad SMARTS) is 1. The standard InChI is InChI=1S/C27H32N2O5S2/c1-16(2)33-24(27(31)32)23(34-20-7-4-5-8-20)19-12-10-18(11-13-19)15-28-25(30)22-17(3)36-26(29-22)21-9-6-14-35-21/h6,9-14,16,20,23-24H,4-5,7-8,15H2,1-3H3,(H,28,30)(H,31,32). The quantitative estimate of drug-likeness (QED) is 0.317. The lowest BCUT2D eigenvalue weighted by molar-refractivity contribution is -0.172. The van der Waals surface area contributed by atoms with Crippen molar-refractivity contribution in [3.63, 3.8) is 0 Å². The number of rotatable bonds is 11. The van der Waals surface area contributed by atoms with Crippen molar-refractivity contribution in [3.8, 4) is 9.88 Å². The Bertz CT molecular complexity index is 1150. The number of amides is 1. The summed E-state index contributed by atoms with van der Waals surface area (Å²) in [6.45, 7) is 5.88. The molecule has 0 saturated heterocycles. The molecule has 192 valence electrons. The van der Waals surface area contributed by atoms with Gasteiger partial charge >= 0.3 is 5.97 Å². The second kappa shape index (κ2) is 12.1. The molecule has 1 aliphatic rings. The van der Waals surface area contributed by atoms with Gasteiger partial charge in [0, 0.05) is 11.4 Å². The number of thiazole rings is 1. The molecule has 1 aromatic carbocycles. The summed E-state index contributed by atoms with van der Waals surface area (Å²) < 4.78 is 12.0. The van der Waals surface area contributed by atoms with Crippen LogP contribution in [-0.2, 0) is 20.8 Å². The third-order valence-corrected chi connectivity index (χ3v) is 8.09. The molecular weight excluding hydrogens is 496 g/mol. The van der Waals surface area contributed by atoms with Crippen LogP contribution in [0.2, 0.25) is 0 Å². The molecule has 2 atom stereocenters. The lowest BCUT2D eigenvalue weighted by Crippen LogP contribution is -2.36. The molecule has 36 heavy (non-hydrogen) atoms. The zero-order valence-corrected chi connectivity index (χ0v) is 22.4. The van der Waals surface area contributed by atoms with Gasteiger partial charge in [0.1, 0.15) is 16.8 Å². The molecule has 0 bridgehead atoms. The molecule has 1 fully saturated rings. The topological polar surface area (TPSA) is 97.8 Å². The lowest BCUT2D eigenvalue weighted by atomic mass is 10.0. The van der Waals surface area contributed by atoms with Crippen LogP contribution in [0.3, 0.4) is 0 Å². The Kier molecular flexibility index (Phi) is 8.90. The molecule has 2 heterocycles. The van der Waals surface area contributed by atoms with Gasteiger partial charge in [-0.3, -0.25) is 4.79 Å². The molecule has 0 radical (unpaired) electrons. The van der Waals surface area contributed by atoms with Crippen LogP contribution in [-0.4, -0.2) is 40.3 Å². The number of hydrogen-bond donors (Lipinski definition) is 2. The molecule has 3 aromatic rings. The Balaban J connectivity index is 1.44. The van der Waals surface area contributed by atoms with E-state index in [4.69, 9.17) is 9.47 Å². The summed E-state index contributed by atoms with van der Waals surface area (Å²) in [5.74, 6) is -1.25. The minimum absolute atomic E-state index is 0.0343. The fourth-order valence-corrected chi connectivity index (χ4v) is 6.02. The van der Waals surface area contributed by atoms with E-state index in [1.54, 1.807) is 11.3 Å². The van der Waals surface area contributed by atoms with Gasteiger partial charge in [-0.05, 0) is 56.2 Å². The van der Waals surface area contributed by atoms with Crippen LogP contribution in [0.4, 0.5) is 0 Å². The second-order valence-corrected chi connectivity index (χ2v) is 11.4. The van der Waals surface area contributed by atoms with Crippen molar-refractivity contribution in [2.45, 2.75) is 77.4 Å². The molecule has 7 nitrogen and oxygen atoms in total. The number of hydrogen-bond acceptors (Lipinski definition) is 7. The van der Waals surface area contributed by atoms with Gasteiger partial charge in [0.15, 0.2) is 6.10 Å². The van der Waals surface area contributed by atoms with Crippen molar-refractivity contribution >= 4 is 34.6 Å². The molecule has 0 spiro atoms. The van der Waals surface area contributed by atoms with Crippen LogP contribution in [0, 0.1) is 6.92 Å². The molecule has 4 rings (SSSR count). The number of aryl methyl sites for hydroxylation is 1. The molecule has 1 aliphatic carbocycles. The maximum absolute atomic E-state index is 12.8. The highest BCUT2D eigenvalue weighted by atomic mass is 32.1. The third-order valence-electron chi connectivity index (χ3n) is 6.08. The van der Waals surface area contributed by atoms with Gasteiger partial charge in [-0.15, -0.1) is 22.7 Å². The zero-order chi connectivity index (χ0) is 25.7. The Morgan fingerprint density at radius 2 is 1.89 bits per heavy atom. The van der Waals surface area contributed by atoms with E-state index in [0.717, 1.165) is 51.6 Å². The number of nitrogens with one attached hydrogen (secondary N) is 1. The number of benzene rings is 1. The summed E-state index contributed by atoms with van der Waals surface area (Å²) in [5.41, 5.74) is 2.09. The Morgan fingerprint density at radius 1 is 1.17 bits per heavy atom. The number of carbonyl (C=O) groups excluding carboxylic acids is 1. The predicted molar refractivity (Wildman–Crippen MR) is 142 cm³/mol. The summed E-state index contributed by atoms with van der Waals surface area (Å²) in [7, 11) is 0. The summed E-state index contributed by atoms with van der Waals surface area (Å²) in [6, 6.07) is 11.5. The fourth-order valence-electron chi connectivity index (χ4n) is 4.31. The summed E-state index contributed by atoms with van der Waals surface area (Å²) >= 11 is 3.11. The van der Waals surface area contributed by atoms with Gasteiger partial charge in [-0.1, -0.05) is 43.2 Å². The number of carboxylic acids is 1. The van der Waals surface area contributed by atoms with Crippen molar-refractivity contribution < 1.29 is 24.2 Å². The average molecular weight is 529 g/mol. The molecular formula is C27H32N2O5S2. The van der Waals surface area contributed by atoms with E-state index >= 15 is 0 Å². The number of thiophene rings is 1. The van der Waals surface area contributed by atoms with E-state index in [-0.39, 0.29) is 18.1 Å². The highest BCUT2D eigenvalue weighted by Crippen LogP contribution is 2.33. The normalized spacial score (nSPS) is 15.8. The Hall–Kier alpha value is -2.59. The molecule has 9 heteroatoms. The zero-order valence-electron chi connectivity index (χ0n) is 20.7. The van der Waals surface area contributed by atoms with E-state index in [0.29, 0.717) is 12.2 Å². The van der Waals surface area contributed by atoms with Crippen molar-refractivity contribution in [1.82, 2.24) is 10.3 Å². The first kappa shape index (κ1) is 26.5. The smallest absolute Gasteiger partial charge is 0.335 e. The molecule has 1 saturated carbocycles. The number of ether oxygens (including phenoxy) is 2. The highest BCUT2D eigenvalue weighted by molar-refractivity contribution is 7.21. The SMILES string of the molecule is Cc1sc(-c2cccs2)nc1C(=O)NCc1ccc(C(OC2CCCC2)C(OC(C)C)C(=O)O)cc1. The van der Waals surface area contributed by atoms with Crippen molar-refractivity contribution in [2.75, 3.05) is 0 Å². The summed E-state index contributed by atoms with van der Waals surface area (Å²) in [4.78, 5) is 31.3. The lowest BCUT2D eigenvalue weighted by Gasteiger charge is -2.29. The van der Waals surface area contributed by atoms with E-state index < -0.39 is 18.2 Å². The minimum atomic E-state index is -1.10. The predicted octanol–water partition coefficient (Wildman–Crippen LogP) is 5.99. The van der Waals surface area contributed by atoms with E-state index in [9.17, 15) is 14.7 Å². The molecule has 0 aliphatic heterocycles. The van der Waals surface area contributed by atoms with Gasteiger partial charge in [-0.2, -0.15) is 0 Å². The van der Waals surface area contributed by atoms with Crippen LogP contribution >= 0.6 is 22.7 Å². The monoisotopic (exact) mass is 528 g/mol. The van der Waals surface area contributed by atoms with Crippen LogP contribution < -0.4 is 5.32 Å². The van der Waals surface area contributed by atoms with Gasteiger partial charge in [0.05, 0.1) is 17.1 Å². The van der Waals surface area contributed by atoms with E-state index in [2.05, 4.69) is 10.3 Å². The third kappa shape index (κ3) is 6.59. The van der Waals surface area contributed by atoms with Crippen LogP contribution in [0.5, 0.6) is 0 Å². The van der Waals surface area contributed by atoms with Crippen molar-refractivity contribution in [1.29, 1.82) is 0 Å². The van der Waals surface area contributed by atoms with Gasteiger partial charge in [0.25, 0.3) is 5.91 Å². The first-order valence-electron chi connectivity index (χ1n) is 12.2. The summed E-state index contributed by atoms with van der Waals surface area (Å²) in [6.07, 6.45) is 2.03. The largest absolute Gasteiger partial charge is 0.479 e. The number of aliphatic carboxylic acids is 1. The first-order valence-corrected chi connectivity index (χ1v) is 13.9. The average Bonchev–Trinajstić information content (AvgIpc) is 3.62. The molecule has 2 N–H and O–H groups in total.